The molecule has 1 N–H and O–H groups in total. The van der Waals surface area contributed by atoms with Crippen LogP contribution in [0.2, 0.25) is 10.3 Å². The maximum atomic E-state index is 8.90. The fourth-order valence-corrected chi connectivity index (χ4v) is 2.44. The summed E-state index contributed by atoms with van der Waals surface area (Å²) in [5, 5.41) is 12.8. The van der Waals surface area contributed by atoms with Crippen LogP contribution in [-0.4, -0.2) is 9.55 Å². The highest BCUT2D eigenvalue weighted by Gasteiger charge is 2.08. The summed E-state index contributed by atoms with van der Waals surface area (Å²) in [7, 11) is 1.84. The molecule has 0 saturated heterocycles. The van der Waals surface area contributed by atoms with Crippen LogP contribution < -0.4 is 5.32 Å². The normalized spacial score (nSPS) is 10.3. The summed E-state index contributed by atoms with van der Waals surface area (Å²) in [6, 6.07) is 5.71. The van der Waals surface area contributed by atoms with Crippen molar-refractivity contribution in [2.75, 3.05) is 5.32 Å². The third kappa shape index (κ3) is 3.01. The number of pyridine rings is 1. The summed E-state index contributed by atoms with van der Waals surface area (Å²) in [5.74, 6) is 0. The van der Waals surface area contributed by atoms with Crippen molar-refractivity contribution >= 4 is 28.9 Å². The molecule has 0 aliphatic carbocycles. The lowest BCUT2D eigenvalue weighted by atomic mass is 10.2. The van der Waals surface area contributed by atoms with Crippen molar-refractivity contribution in [1.82, 2.24) is 9.55 Å². The van der Waals surface area contributed by atoms with Gasteiger partial charge in [-0.05, 0) is 30.2 Å². The first kappa shape index (κ1) is 13.7. The van der Waals surface area contributed by atoms with Crippen LogP contribution in [0.25, 0.3) is 0 Å². The molecule has 2 aromatic heterocycles. The van der Waals surface area contributed by atoms with Gasteiger partial charge in [-0.1, -0.05) is 23.2 Å². The first-order valence-electron chi connectivity index (χ1n) is 5.63. The molecule has 0 bridgehead atoms. The maximum absolute atomic E-state index is 8.90. The molecule has 0 unspecified atom stereocenters. The molecule has 19 heavy (non-hydrogen) atoms. The van der Waals surface area contributed by atoms with E-state index in [-0.39, 0.29) is 0 Å². The van der Waals surface area contributed by atoms with E-state index in [0.717, 1.165) is 16.8 Å². The minimum atomic E-state index is 0.349. The maximum Gasteiger partial charge on any atom is 0.154 e. The van der Waals surface area contributed by atoms with Crippen molar-refractivity contribution in [1.29, 1.82) is 5.26 Å². The van der Waals surface area contributed by atoms with Crippen LogP contribution in [0.1, 0.15) is 16.8 Å². The molecule has 0 aliphatic rings. The third-order valence-corrected chi connectivity index (χ3v) is 3.25. The molecule has 0 spiro atoms. The number of aromatic nitrogens is 2. The number of rotatable bonds is 3. The zero-order chi connectivity index (χ0) is 14.0. The zero-order valence-corrected chi connectivity index (χ0v) is 12.0. The molecule has 0 amide bonds. The molecule has 0 atom stereocenters. The summed E-state index contributed by atoms with van der Waals surface area (Å²) in [5.41, 5.74) is 3.31. The van der Waals surface area contributed by atoms with Crippen molar-refractivity contribution in [2.24, 2.45) is 7.05 Å². The van der Waals surface area contributed by atoms with E-state index >= 15 is 0 Å². The van der Waals surface area contributed by atoms with Gasteiger partial charge in [-0.25, -0.2) is 4.98 Å². The van der Waals surface area contributed by atoms with E-state index < -0.39 is 0 Å². The van der Waals surface area contributed by atoms with Crippen molar-refractivity contribution in [3.8, 4) is 6.07 Å². The van der Waals surface area contributed by atoms with E-state index in [2.05, 4.69) is 16.4 Å². The van der Waals surface area contributed by atoms with Gasteiger partial charge < -0.3 is 9.88 Å². The molecule has 0 saturated carbocycles. The third-order valence-electron chi connectivity index (χ3n) is 2.79. The van der Waals surface area contributed by atoms with Crippen LogP contribution >= 0.6 is 23.2 Å². The Balaban J connectivity index is 2.17. The van der Waals surface area contributed by atoms with Gasteiger partial charge in [-0.2, -0.15) is 5.26 Å². The molecule has 6 heteroatoms. The second-order valence-corrected chi connectivity index (χ2v) is 4.98. The van der Waals surface area contributed by atoms with Gasteiger partial charge in [0.15, 0.2) is 5.15 Å². The van der Waals surface area contributed by atoms with E-state index in [1.54, 1.807) is 10.6 Å². The van der Waals surface area contributed by atoms with Gasteiger partial charge in [0.05, 0.1) is 5.69 Å². The summed E-state index contributed by atoms with van der Waals surface area (Å²) < 4.78 is 1.78. The summed E-state index contributed by atoms with van der Waals surface area (Å²) >= 11 is 11.9. The molecule has 0 fully saturated rings. The fraction of sp³-hybridized carbons (Fsp3) is 0.231. The van der Waals surface area contributed by atoms with Crippen LogP contribution in [0.4, 0.5) is 5.69 Å². The smallest absolute Gasteiger partial charge is 0.154 e. The molecular formula is C13H12Cl2N4. The Kier molecular flexibility index (Phi) is 3.98. The highest BCUT2D eigenvalue weighted by molar-refractivity contribution is 6.34. The molecule has 4 nitrogen and oxygen atoms in total. The van der Waals surface area contributed by atoms with E-state index in [1.165, 1.54) is 0 Å². The molecule has 0 aliphatic heterocycles. The molecule has 2 aromatic rings. The van der Waals surface area contributed by atoms with Gasteiger partial charge in [-0.15, -0.1) is 0 Å². The second kappa shape index (κ2) is 5.52. The number of nitrogens with one attached hydrogen (secondary N) is 1. The topological polar surface area (TPSA) is 53.6 Å². The van der Waals surface area contributed by atoms with Crippen LogP contribution in [-0.2, 0) is 13.6 Å². The Labute approximate surface area is 121 Å². The minimum Gasteiger partial charge on any atom is -0.378 e. The van der Waals surface area contributed by atoms with Gasteiger partial charge in [0.2, 0.25) is 0 Å². The predicted octanol–water partition coefficient (Wildman–Crippen LogP) is 3.52. The molecule has 2 rings (SSSR count). The van der Waals surface area contributed by atoms with Crippen molar-refractivity contribution in [3.63, 3.8) is 0 Å². The van der Waals surface area contributed by atoms with Gasteiger partial charge in [0.25, 0.3) is 0 Å². The lowest BCUT2D eigenvalue weighted by molar-refractivity contribution is 0.902. The number of anilines is 1. The van der Waals surface area contributed by atoms with Gasteiger partial charge in [0, 0.05) is 19.8 Å². The van der Waals surface area contributed by atoms with Gasteiger partial charge >= 0.3 is 0 Å². The van der Waals surface area contributed by atoms with E-state index in [9.17, 15) is 0 Å². The fourth-order valence-electron chi connectivity index (χ4n) is 1.84. The lowest BCUT2D eigenvalue weighted by Gasteiger charge is -2.10. The Morgan fingerprint density at radius 1 is 1.42 bits per heavy atom. The van der Waals surface area contributed by atoms with Crippen LogP contribution in [0.15, 0.2) is 18.3 Å². The van der Waals surface area contributed by atoms with Crippen molar-refractivity contribution < 1.29 is 0 Å². The first-order valence-corrected chi connectivity index (χ1v) is 6.38. The Morgan fingerprint density at radius 3 is 2.74 bits per heavy atom. The van der Waals surface area contributed by atoms with E-state index in [4.69, 9.17) is 28.5 Å². The number of halogens is 2. The molecule has 2 heterocycles. The zero-order valence-electron chi connectivity index (χ0n) is 10.5. The average molecular weight is 295 g/mol. The van der Waals surface area contributed by atoms with Crippen LogP contribution in [0.5, 0.6) is 0 Å². The number of hydrogen-bond acceptors (Lipinski definition) is 3. The number of hydrogen-bond donors (Lipinski definition) is 1. The van der Waals surface area contributed by atoms with E-state index in [1.807, 2.05) is 26.2 Å². The predicted molar refractivity (Wildman–Crippen MR) is 76.4 cm³/mol. The standard InChI is InChI=1S/C13H12Cl2N4/c1-8-3-11(14)18-13(15)12(8)17-6-9-4-10(5-16)19(2)7-9/h3-4,7,17H,6H2,1-2H3. The number of nitrogens with zero attached hydrogens (tertiary/aromatic N) is 3. The largest absolute Gasteiger partial charge is 0.378 e. The van der Waals surface area contributed by atoms with Crippen LogP contribution in [0, 0.1) is 18.3 Å². The van der Waals surface area contributed by atoms with Crippen molar-refractivity contribution in [3.05, 3.63) is 45.5 Å². The number of aryl methyl sites for hydroxylation is 2. The van der Waals surface area contributed by atoms with Gasteiger partial charge in [-0.3, -0.25) is 0 Å². The molecule has 0 radical (unpaired) electrons. The number of nitriles is 1. The van der Waals surface area contributed by atoms with Crippen LogP contribution in [0.3, 0.4) is 0 Å². The quantitative estimate of drug-likeness (QED) is 0.881. The average Bonchev–Trinajstić information content (AvgIpc) is 2.68. The first-order chi connectivity index (χ1) is 9.01. The Morgan fingerprint density at radius 2 is 2.16 bits per heavy atom. The summed E-state index contributed by atoms with van der Waals surface area (Å²) in [4.78, 5) is 4.00. The van der Waals surface area contributed by atoms with Crippen molar-refractivity contribution in [2.45, 2.75) is 13.5 Å². The molecule has 0 aromatic carbocycles. The Hall–Kier alpha value is -1.70. The second-order valence-electron chi connectivity index (χ2n) is 4.24. The van der Waals surface area contributed by atoms with E-state index in [0.29, 0.717) is 22.5 Å². The SMILES string of the molecule is Cc1cc(Cl)nc(Cl)c1NCc1cc(C#N)n(C)c1. The highest BCUT2D eigenvalue weighted by Crippen LogP contribution is 2.26. The Bertz CT molecular complexity index is 632. The highest BCUT2D eigenvalue weighted by atomic mass is 35.5. The molecular weight excluding hydrogens is 283 g/mol. The lowest BCUT2D eigenvalue weighted by Crippen LogP contribution is -2.02. The minimum absolute atomic E-state index is 0.349. The monoisotopic (exact) mass is 294 g/mol. The summed E-state index contributed by atoms with van der Waals surface area (Å²) in [6.45, 7) is 2.48. The molecule has 98 valence electrons. The summed E-state index contributed by atoms with van der Waals surface area (Å²) in [6.07, 6.45) is 1.90. The van der Waals surface area contributed by atoms with Gasteiger partial charge in [0.1, 0.15) is 16.9 Å².